The number of allylic oxidation sites excluding steroid dienone is 2. The van der Waals surface area contributed by atoms with Crippen molar-refractivity contribution in [3.8, 4) is 22.3 Å². The Balaban J connectivity index is 1.36. The SMILES string of the molecule is Cc1ccccc1-c1cccc2c1C=C1[CH]2[Hf]([CH3])([CH3])[CH]2C(=Cc3c(-c4ccccc4C)cccc32)C12CCC2. The molecule has 4 aromatic carbocycles. The third-order valence-corrected chi connectivity index (χ3v) is 26.0. The molecule has 1 saturated heterocycles. The van der Waals surface area contributed by atoms with E-state index in [1.165, 1.54) is 63.8 Å². The molecule has 0 nitrogen and oxygen atoms in total. The molecule has 0 amide bonds. The summed E-state index contributed by atoms with van der Waals surface area (Å²) in [4.78, 5) is 0. The van der Waals surface area contributed by atoms with Crippen LogP contribution in [0.2, 0.25) is 9.36 Å². The fourth-order valence-corrected chi connectivity index (χ4v) is 26.0. The summed E-state index contributed by atoms with van der Waals surface area (Å²) < 4.78 is 6.90. The Labute approximate surface area is 237 Å². The van der Waals surface area contributed by atoms with E-state index in [1.807, 2.05) is 0 Å². The van der Waals surface area contributed by atoms with Gasteiger partial charge in [0.2, 0.25) is 0 Å². The standard InChI is InChI=1S/C36H30.2CH3.Hf/c1-24-10-3-5-14-30(24)32-16-7-12-26-20-28(22-34(26)32)36(18-9-19-36)29-21-27-13-8-17-33(35(27)23-29)31-15-6-4-11-25(31)2;;;/h3-8,10-17,20-23H,9,18-19H2,1-2H3;2*1H3;. The van der Waals surface area contributed by atoms with Crippen LogP contribution in [0.5, 0.6) is 0 Å². The predicted octanol–water partition coefficient (Wildman–Crippen LogP) is 10.6. The third kappa shape index (κ3) is 3.14. The molecular weight excluding hydrogens is 635 g/mol. The average Bonchev–Trinajstić information content (AvgIpc) is 3.49. The minimum atomic E-state index is -2.99. The molecule has 2 atom stereocenters. The van der Waals surface area contributed by atoms with Crippen LogP contribution >= 0.6 is 0 Å². The molecule has 2 fully saturated rings. The summed E-state index contributed by atoms with van der Waals surface area (Å²) in [6.45, 7) is 4.53. The molecule has 1 aliphatic heterocycles. The number of rotatable bonds is 2. The van der Waals surface area contributed by atoms with Gasteiger partial charge < -0.3 is 0 Å². The van der Waals surface area contributed by atoms with Crippen LogP contribution in [0, 0.1) is 19.3 Å². The van der Waals surface area contributed by atoms with E-state index >= 15 is 0 Å². The van der Waals surface area contributed by atoms with E-state index in [-0.39, 0.29) is 5.41 Å². The van der Waals surface area contributed by atoms with Gasteiger partial charge >= 0.3 is 239 Å². The molecule has 0 bridgehead atoms. The Morgan fingerprint density at radius 2 is 1.00 bits per heavy atom. The van der Waals surface area contributed by atoms with E-state index in [0.717, 1.165) is 0 Å². The quantitative estimate of drug-likeness (QED) is 0.186. The molecule has 8 rings (SSSR count). The van der Waals surface area contributed by atoms with Crippen molar-refractivity contribution in [2.24, 2.45) is 5.41 Å². The van der Waals surface area contributed by atoms with E-state index in [2.05, 4.69) is 120 Å². The second-order valence-corrected chi connectivity index (χ2v) is 30.3. The van der Waals surface area contributed by atoms with E-state index in [1.54, 1.807) is 22.3 Å². The first-order chi connectivity index (χ1) is 18.9. The molecule has 1 saturated carbocycles. The molecule has 3 aliphatic carbocycles. The van der Waals surface area contributed by atoms with E-state index in [9.17, 15) is 0 Å². The van der Waals surface area contributed by atoms with Gasteiger partial charge in [-0.2, -0.15) is 0 Å². The summed E-state index contributed by atoms with van der Waals surface area (Å²) >= 11 is -2.99. The van der Waals surface area contributed by atoms with Crippen molar-refractivity contribution >= 4 is 12.2 Å². The minimum absolute atomic E-state index is 0.259. The van der Waals surface area contributed by atoms with Crippen molar-refractivity contribution in [1.82, 2.24) is 0 Å². The first-order valence-electron chi connectivity index (χ1n) is 14.7. The van der Waals surface area contributed by atoms with Crippen LogP contribution in [0.1, 0.15) is 60.0 Å². The van der Waals surface area contributed by atoms with Crippen molar-refractivity contribution < 1.29 is 20.0 Å². The topological polar surface area (TPSA) is 0 Å². The number of benzene rings is 4. The molecule has 4 aliphatic rings. The van der Waals surface area contributed by atoms with Crippen molar-refractivity contribution in [2.75, 3.05) is 0 Å². The predicted molar refractivity (Wildman–Crippen MR) is 163 cm³/mol. The molecule has 4 aromatic rings. The molecule has 2 unspecified atom stereocenters. The van der Waals surface area contributed by atoms with Gasteiger partial charge in [-0.05, 0) is 0 Å². The summed E-state index contributed by atoms with van der Waals surface area (Å²) in [5.41, 5.74) is 18.6. The van der Waals surface area contributed by atoms with Crippen LogP contribution in [0.15, 0.2) is 96.1 Å². The Morgan fingerprint density at radius 3 is 1.41 bits per heavy atom. The van der Waals surface area contributed by atoms with Gasteiger partial charge in [-0.3, -0.25) is 0 Å². The van der Waals surface area contributed by atoms with Gasteiger partial charge in [-0.25, -0.2) is 0 Å². The Hall–Kier alpha value is -2.77. The van der Waals surface area contributed by atoms with Gasteiger partial charge in [0, 0.05) is 0 Å². The summed E-state index contributed by atoms with van der Waals surface area (Å²) in [6, 6.07) is 32.3. The molecule has 192 valence electrons. The molecule has 0 radical (unpaired) electrons. The summed E-state index contributed by atoms with van der Waals surface area (Å²) in [5.74, 6) is 0. The van der Waals surface area contributed by atoms with E-state index in [0.29, 0.717) is 7.35 Å². The fourth-order valence-electron chi connectivity index (χ4n) is 8.90. The number of hydrogen-bond acceptors (Lipinski definition) is 0. The number of aryl methyl sites for hydroxylation is 2. The first kappa shape index (κ1) is 24.1. The van der Waals surface area contributed by atoms with Crippen molar-refractivity contribution in [1.29, 1.82) is 0 Å². The third-order valence-electron chi connectivity index (χ3n) is 10.8. The molecule has 39 heavy (non-hydrogen) atoms. The molecule has 0 aromatic heterocycles. The normalized spacial score (nSPS) is 22.8. The van der Waals surface area contributed by atoms with Gasteiger partial charge in [0.1, 0.15) is 0 Å². The van der Waals surface area contributed by atoms with Gasteiger partial charge in [-0.1, -0.05) is 0 Å². The van der Waals surface area contributed by atoms with Crippen LogP contribution in [-0.2, 0) is 20.0 Å². The van der Waals surface area contributed by atoms with Crippen molar-refractivity contribution in [2.45, 2.75) is 49.8 Å². The molecular formula is C38H36Hf. The van der Waals surface area contributed by atoms with E-state index in [4.69, 9.17) is 0 Å². The summed E-state index contributed by atoms with van der Waals surface area (Å²) in [7, 11) is 0. The molecule has 1 spiro atoms. The van der Waals surface area contributed by atoms with Gasteiger partial charge in [0.25, 0.3) is 0 Å². The van der Waals surface area contributed by atoms with Crippen molar-refractivity contribution in [3.05, 3.63) is 129 Å². The van der Waals surface area contributed by atoms with E-state index < -0.39 is 20.0 Å². The first-order valence-corrected chi connectivity index (χ1v) is 26.1. The zero-order chi connectivity index (χ0) is 26.5. The second kappa shape index (κ2) is 8.37. The Bertz CT molecular complexity index is 1620. The molecule has 1 heterocycles. The fraction of sp³-hybridized carbons (Fsp3) is 0.263. The van der Waals surface area contributed by atoms with Gasteiger partial charge in [-0.15, -0.1) is 0 Å². The maximum absolute atomic E-state index is 2.99. The van der Waals surface area contributed by atoms with Crippen LogP contribution in [0.4, 0.5) is 0 Å². The average molecular weight is 671 g/mol. The monoisotopic (exact) mass is 672 g/mol. The van der Waals surface area contributed by atoms with Crippen LogP contribution < -0.4 is 0 Å². The summed E-state index contributed by atoms with van der Waals surface area (Å²) in [6.07, 6.45) is 9.40. The zero-order valence-corrected chi connectivity index (χ0v) is 27.1. The van der Waals surface area contributed by atoms with Gasteiger partial charge in [0.05, 0.1) is 0 Å². The molecule has 1 heteroatoms. The number of hydrogen-bond donors (Lipinski definition) is 0. The second-order valence-electron chi connectivity index (χ2n) is 13.1. The van der Waals surface area contributed by atoms with Crippen LogP contribution in [0.3, 0.4) is 0 Å². The Kier molecular flexibility index (Phi) is 5.16. The Morgan fingerprint density at radius 1 is 0.564 bits per heavy atom. The maximum atomic E-state index is 2.78. The van der Waals surface area contributed by atoms with Crippen LogP contribution in [-0.4, -0.2) is 0 Å². The van der Waals surface area contributed by atoms with Crippen LogP contribution in [0.25, 0.3) is 34.4 Å². The zero-order valence-electron chi connectivity index (χ0n) is 23.5. The molecule has 0 N–H and O–H groups in total. The number of fused-ring (bicyclic) bond motifs is 8. The van der Waals surface area contributed by atoms with Crippen molar-refractivity contribution in [3.63, 3.8) is 0 Å². The summed E-state index contributed by atoms with van der Waals surface area (Å²) in [5, 5.41) is 0. The van der Waals surface area contributed by atoms with Gasteiger partial charge in [0.15, 0.2) is 0 Å².